The largest absolute Gasteiger partial charge is 0.353 e. The van der Waals surface area contributed by atoms with Crippen molar-refractivity contribution in [2.45, 2.75) is 18.7 Å². The molecule has 0 aromatic carbocycles. The van der Waals surface area contributed by atoms with E-state index in [0.29, 0.717) is 6.54 Å². The molecule has 8 nitrogen and oxygen atoms in total. The summed E-state index contributed by atoms with van der Waals surface area (Å²) in [7, 11) is 0. The number of anilines is 1. The van der Waals surface area contributed by atoms with Gasteiger partial charge in [-0.15, -0.1) is 0 Å². The van der Waals surface area contributed by atoms with Gasteiger partial charge in [0.25, 0.3) is 5.56 Å². The van der Waals surface area contributed by atoms with E-state index < -0.39 is 0 Å². The lowest BCUT2D eigenvalue weighted by Gasteiger charge is -2.35. The summed E-state index contributed by atoms with van der Waals surface area (Å²) in [5.74, 6) is 3.01. The number of rotatable bonds is 4. The van der Waals surface area contributed by atoms with Crippen molar-refractivity contribution in [3.63, 3.8) is 0 Å². The highest BCUT2D eigenvalue weighted by atomic mass is 32.2. The van der Waals surface area contributed by atoms with Crippen LogP contribution in [0.25, 0.3) is 11.0 Å². The highest BCUT2D eigenvalue weighted by molar-refractivity contribution is 7.98. The van der Waals surface area contributed by atoms with Gasteiger partial charge in [0.2, 0.25) is 0 Å². The summed E-state index contributed by atoms with van der Waals surface area (Å²) >= 11 is 1.88. The molecule has 2 aliphatic rings. The monoisotopic (exact) mass is 397 g/mol. The van der Waals surface area contributed by atoms with Crippen LogP contribution in [0.3, 0.4) is 0 Å². The number of hydrogen-bond donors (Lipinski definition) is 1. The lowest BCUT2D eigenvalue weighted by Crippen LogP contribution is -2.48. The summed E-state index contributed by atoms with van der Waals surface area (Å²) in [6.07, 6.45) is 4.49. The van der Waals surface area contributed by atoms with E-state index in [1.807, 2.05) is 24.0 Å². The molecule has 5 heterocycles. The van der Waals surface area contributed by atoms with Crippen LogP contribution >= 0.6 is 11.8 Å². The van der Waals surface area contributed by atoms with Crippen LogP contribution in [-0.4, -0.2) is 68.1 Å². The second-order valence-electron chi connectivity index (χ2n) is 7.25. The Hall–Kier alpha value is -2.39. The van der Waals surface area contributed by atoms with Crippen LogP contribution in [0.2, 0.25) is 0 Å². The van der Waals surface area contributed by atoms with Crippen molar-refractivity contribution < 1.29 is 0 Å². The average Bonchev–Trinajstić information content (AvgIpc) is 3.22. The second-order valence-corrected chi connectivity index (χ2v) is 8.35. The molecule has 0 bridgehead atoms. The molecular formula is C19H23N7OS. The van der Waals surface area contributed by atoms with Crippen LogP contribution in [0.1, 0.15) is 11.3 Å². The quantitative estimate of drug-likeness (QED) is 0.706. The van der Waals surface area contributed by atoms with Crippen molar-refractivity contribution in [2.24, 2.45) is 0 Å². The molecule has 0 aliphatic carbocycles. The van der Waals surface area contributed by atoms with Gasteiger partial charge in [-0.3, -0.25) is 9.69 Å². The molecule has 0 atom stereocenters. The molecule has 0 saturated carbocycles. The number of aromatic nitrogens is 5. The van der Waals surface area contributed by atoms with Gasteiger partial charge < -0.3 is 9.88 Å². The van der Waals surface area contributed by atoms with Gasteiger partial charge in [-0.1, -0.05) is 0 Å². The lowest BCUT2D eigenvalue weighted by molar-refractivity contribution is 0.242. The molecule has 146 valence electrons. The zero-order chi connectivity index (χ0) is 18.9. The minimum Gasteiger partial charge on any atom is -0.353 e. The van der Waals surface area contributed by atoms with E-state index in [1.165, 1.54) is 0 Å². The Kier molecular flexibility index (Phi) is 4.77. The van der Waals surface area contributed by atoms with Gasteiger partial charge in [0, 0.05) is 57.2 Å². The Morgan fingerprint density at radius 2 is 2.04 bits per heavy atom. The topological polar surface area (TPSA) is 82.9 Å². The first kappa shape index (κ1) is 17.7. The molecule has 2 aliphatic heterocycles. The van der Waals surface area contributed by atoms with E-state index in [0.717, 1.165) is 78.8 Å². The standard InChI is InChI=1S/C19H23N7OS/c27-17-11-14-12-28-10-2-16(14)23-26(17)9-6-24-4-7-25(8-5-24)19-15-1-3-20-18(15)21-13-22-19/h1,3,11,13H,2,4-10,12H2,(H,20,21,22). The first-order valence-electron chi connectivity index (χ1n) is 9.71. The number of hydrogen-bond acceptors (Lipinski definition) is 7. The molecule has 3 aromatic rings. The van der Waals surface area contributed by atoms with Crippen LogP contribution in [0.5, 0.6) is 0 Å². The minimum atomic E-state index is 0.0238. The van der Waals surface area contributed by atoms with E-state index in [2.05, 4.69) is 29.9 Å². The van der Waals surface area contributed by atoms with Crippen LogP contribution in [-0.2, 0) is 18.7 Å². The number of thioether (sulfide) groups is 1. The fourth-order valence-corrected chi connectivity index (χ4v) is 4.89. The first-order valence-corrected chi connectivity index (χ1v) is 10.9. The SMILES string of the molecule is O=c1cc2c(nn1CCN1CCN(c3ncnc4[nH]ccc34)CC1)CCSC2. The lowest BCUT2D eigenvalue weighted by atomic mass is 10.2. The van der Waals surface area contributed by atoms with Crippen LogP contribution in [0, 0.1) is 0 Å². The number of nitrogens with one attached hydrogen (secondary N) is 1. The molecule has 28 heavy (non-hydrogen) atoms. The maximum Gasteiger partial charge on any atom is 0.267 e. The van der Waals surface area contributed by atoms with Gasteiger partial charge in [-0.2, -0.15) is 16.9 Å². The summed E-state index contributed by atoms with van der Waals surface area (Å²) in [5.41, 5.74) is 3.12. The van der Waals surface area contributed by atoms with Crippen LogP contribution < -0.4 is 10.5 Å². The number of nitrogens with zero attached hydrogens (tertiary/aromatic N) is 6. The predicted molar refractivity (Wildman–Crippen MR) is 111 cm³/mol. The summed E-state index contributed by atoms with van der Waals surface area (Å²) in [5, 5.41) is 5.69. The molecule has 0 amide bonds. The van der Waals surface area contributed by atoms with E-state index in [1.54, 1.807) is 17.1 Å². The average molecular weight is 398 g/mol. The van der Waals surface area contributed by atoms with E-state index in [9.17, 15) is 4.79 Å². The highest BCUT2D eigenvalue weighted by Gasteiger charge is 2.20. The molecular weight excluding hydrogens is 374 g/mol. The van der Waals surface area contributed by atoms with Gasteiger partial charge in [0.15, 0.2) is 0 Å². The molecule has 0 spiro atoms. The number of H-pyrrole nitrogens is 1. The molecule has 1 fully saturated rings. The number of aromatic amines is 1. The van der Waals surface area contributed by atoms with Crippen molar-refractivity contribution in [3.8, 4) is 0 Å². The molecule has 5 rings (SSSR count). The third-order valence-corrected chi connectivity index (χ3v) is 6.55. The number of aryl methyl sites for hydroxylation is 1. The van der Waals surface area contributed by atoms with Gasteiger partial charge in [-0.25, -0.2) is 14.6 Å². The Bertz CT molecular complexity index is 1040. The smallest absolute Gasteiger partial charge is 0.267 e. The summed E-state index contributed by atoms with van der Waals surface area (Å²) < 4.78 is 1.65. The number of fused-ring (bicyclic) bond motifs is 2. The number of piperazine rings is 1. The van der Waals surface area contributed by atoms with Crippen molar-refractivity contribution in [1.82, 2.24) is 29.6 Å². The second kappa shape index (κ2) is 7.56. The van der Waals surface area contributed by atoms with E-state index in [-0.39, 0.29) is 5.56 Å². The fraction of sp³-hybridized carbons (Fsp3) is 0.474. The summed E-state index contributed by atoms with van der Waals surface area (Å²) in [4.78, 5) is 29.0. The maximum atomic E-state index is 12.3. The fourth-order valence-electron chi connectivity index (χ4n) is 3.94. The molecule has 3 aromatic heterocycles. The molecule has 1 N–H and O–H groups in total. The Balaban J connectivity index is 1.21. The van der Waals surface area contributed by atoms with Crippen molar-refractivity contribution >= 4 is 28.6 Å². The van der Waals surface area contributed by atoms with Gasteiger partial charge in [-0.05, 0) is 17.4 Å². The third-order valence-electron chi connectivity index (χ3n) is 5.54. The van der Waals surface area contributed by atoms with Gasteiger partial charge in [0.05, 0.1) is 17.6 Å². The van der Waals surface area contributed by atoms with E-state index in [4.69, 9.17) is 0 Å². The predicted octanol–water partition coefficient (Wildman–Crippen LogP) is 1.13. The zero-order valence-corrected chi connectivity index (χ0v) is 16.5. The molecule has 0 unspecified atom stereocenters. The van der Waals surface area contributed by atoms with Crippen molar-refractivity contribution in [1.29, 1.82) is 0 Å². The maximum absolute atomic E-state index is 12.3. The highest BCUT2D eigenvalue weighted by Crippen LogP contribution is 2.23. The van der Waals surface area contributed by atoms with Crippen LogP contribution in [0.15, 0.2) is 29.5 Å². The Labute approximate surface area is 167 Å². The summed E-state index contributed by atoms with van der Waals surface area (Å²) in [6.45, 7) is 5.23. The Morgan fingerprint density at radius 3 is 2.93 bits per heavy atom. The molecule has 0 radical (unpaired) electrons. The Morgan fingerprint density at radius 1 is 1.14 bits per heavy atom. The van der Waals surface area contributed by atoms with Crippen molar-refractivity contribution in [3.05, 3.63) is 46.3 Å². The molecule has 1 saturated heterocycles. The zero-order valence-electron chi connectivity index (χ0n) is 15.7. The normalized spacial score (nSPS) is 17.8. The summed E-state index contributed by atoms with van der Waals surface area (Å²) in [6, 6.07) is 3.81. The minimum absolute atomic E-state index is 0.0238. The van der Waals surface area contributed by atoms with Crippen LogP contribution in [0.4, 0.5) is 5.82 Å². The first-order chi connectivity index (χ1) is 13.8. The molecule has 9 heteroatoms. The van der Waals surface area contributed by atoms with Crippen molar-refractivity contribution in [2.75, 3.05) is 43.4 Å². The third kappa shape index (κ3) is 3.40. The van der Waals surface area contributed by atoms with Gasteiger partial charge >= 0.3 is 0 Å². The van der Waals surface area contributed by atoms with E-state index >= 15 is 0 Å². The van der Waals surface area contributed by atoms with Gasteiger partial charge in [0.1, 0.15) is 17.8 Å².